The van der Waals surface area contributed by atoms with Gasteiger partial charge in [0.15, 0.2) is 0 Å². The Bertz CT molecular complexity index is 526. The minimum absolute atomic E-state index is 0.0212. The standard InChI is InChI=1S/C14H20N4OS/c1-14(2)9-18(7-6-17(14)3)13(19)11-5-4-10(8-16-11)12(15)20/h4-5,8H,6-7,9H2,1-3H3,(H2,15,20). The van der Waals surface area contributed by atoms with E-state index < -0.39 is 0 Å². The summed E-state index contributed by atoms with van der Waals surface area (Å²) in [6.07, 6.45) is 1.55. The van der Waals surface area contributed by atoms with Crippen LogP contribution in [0, 0.1) is 0 Å². The molecular formula is C14H20N4OS. The van der Waals surface area contributed by atoms with Crippen molar-refractivity contribution >= 4 is 23.1 Å². The van der Waals surface area contributed by atoms with E-state index in [1.165, 1.54) is 0 Å². The molecule has 0 spiro atoms. The van der Waals surface area contributed by atoms with Gasteiger partial charge in [0.05, 0.1) is 0 Å². The zero-order valence-electron chi connectivity index (χ0n) is 12.1. The third-order valence-corrected chi connectivity index (χ3v) is 4.11. The van der Waals surface area contributed by atoms with Gasteiger partial charge in [-0.05, 0) is 33.0 Å². The highest BCUT2D eigenvalue weighted by Crippen LogP contribution is 2.20. The fourth-order valence-corrected chi connectivity index (χ4v) is 2.36. The molecule has 1 aliphatic rings. The lowest BCUT2D eigenvalue weighted by molar-refractivity contribution is 0.0307. The van der Waals surface area contributed by atoms with Crippen LogP contribution in [0.25, 0.3) is 0 Å². The summed E-state index contributed by atoms with van der Waals surface area (Å²) in [5.41, 5.74) is 6.61. The molecule has 1 aromatic rings. The monoisotopic (exact) mass is 292 g/mol. The molecule has 1 saturated heterocycles. The van der Waals surface area contributed by atoms with Crippen LogP contribution in [0.2, 0.25) is 0 Å². The Hall–Kier alpha value is -1.53. The first-order valence-corrected chi connectivity index (χ1v) is 6.98. The minimum atomic E-state index is -0.0411. The highest BCUT2D eigenvalue weighted by molar-refractivity contribution is 7.80. The first-order valence-electron chi connectivity index (χ1n) is 6.57. The van der Waals surface area contributed by atoms with Crippen LogP contribution in [0.1, 0.15) is 29.9 Å². The van der Waals surface area contributed by atoms with Gasteiger partial charge in [-0.15, -0.1) is 0 Å². The number of carbonyl (C=O) groups is 1. The fourth-order valence-electron chi connectivity index (χ4n) is 2.24. The molecule has 2 heterocycles. The smallest absolute Gasteiger partial charge is 0.272 e. The largest absolute Gasteiger partial charge is 0.389 e. The van der Waals surface area contributed by atoms with E-state index in [4.69, 9.17) is 18.0 Å². The molecule has 0 unspecified atom stereocenters. The van der Waals surface area contributed by atoms with E-state index in [-0.39, 0.29) is 16.4 Å². The van der Waals surface area contributed by atoms with Crippen molar-refractivity contribution in [2.24, 2.45) is 5.73 Å². The van der Waals surface area contributed by atoms with Crippen molar-refractivity contribution in [2.45, 2.75) is 19.4 Å². The SMILES string of the molecule is CN1CCN(C(=O)c2ccc(C(N)=S)cn2)CC1(C)C. The van der Waals surface area contributed by atoms with Crippen molar-refractivity contribution in [3.05, 3.63) is 29.6 Å². The normalized spacial score (nSPS) is 18.9. The molecule has 1 amide bonds. The first kappa shape index (κ1) is 14.9. The van der Waals surface area contributed by atoms with Crippen molar-refractivity contribution in [2.75, 3.05) is 26.7 Å². The second kappa shape index (κ2) is 5.46. The molecular weight excluding hydrogens is 272 g/mol. The number of piperazine rings is 1. The molecule has 0 aromatic carbocycles. The molecule has 1 fully saturated rings. The topological polar surface area (TPSA) is 62.5 Å². The number of aromatic nitrogens is 1. The Morgan fingerprint density at radius 1 is 1.40 bits per heavy atom. The van der Waals surface area contributed by atoms with Gasteiger partial charge in [-0.2, -0.15) is 0 Å². The van der Waals surface area contributed by atoms with E-state index in [0.717, 1.165) is 13.1 Å². The van der Waals surface area contributed by atoms with Gasteiger partial charge in [0.25, 0.3) is 5.91 Å². The minimum Gasteiger partial charge on any atom is -0.389 e. The number of pyridine rings is 1. The number of carbonyl (C=O) groups excluding carboxylic acids is 1. The summed E-state index contributed by atoms with van der Waals surface area (Å²) < 4.78 is 0. The van der Waals surface area contributed by atoms with Gasteiger partial charge in [0.2, 0.25) is 0 Å². The summed E-state index contributed by atoms with van der Waals surface area (Å²) in [6, 6.07) is 3.42. The maximum atomic E-state index is 12.5. The van der Waals surface area contributed by atoms with E-state index in [2.05, 4.69) is 30.8 Å². The average molecular weight is 292 g/mol. The predicted molar refractivity (Wildman–Crippen MR) is 82.7 cm³/mol. The van der Waals surface area contributed by atoms with Crippen molar-refractivity contribution in [3.63, 3.8) is 0 Å². The lowest BCUT2D eigenvalue weighted by Gasteiger charge is -2.45. The number of nitrogens with two attached hydrogens (primary N) is 1. The summed E-state index contributed by atoms with van der Waals surface area (Å²) in [5, 5.41) is 0. The van der Waals surface area contributed by atoms with E-state index >= 15 is 0 Å². The molecule has 0 saturated carbocycles. The van der Waals surface area contributed by atoms with Gasteiger partial charge in [-0.25, -0.2) is 0 Å². The molecule has 2 rings (SSSR count). The first-order chi connectivity index (χ1) is 9.31. The lowest BCUT2D eigenvalue weighted by Crippen LogP contribution is -2.58. The number of nitrogens with zero attached hydrogens (tertiary/aromatic N) is 3. The maximum absolute atomic E-state index is 12.5. The van der Waals surface area contributed by atoms with Crippen LogP contribution in [0.3, 0.4) is 0 Å². The van der Waals surface area contributed by atoms with Gasteiger partial charge in [-0.3, -0.25) is 14.7 Å². The number of hydrogen-bond acceptors (Lipinski definition) is 4. The van der Waals surface area contributed by atoms with Gasteiger partial charge in [0, 0.05) is 36.9 Å². The van der Waals surface area contributed by atoms with Gasteiger partial charge < -0.3 is 10.6 Å². The highest BCUT2D eigenvalue weighted by atomic mass is 32.1. The zero-order chi connectivity index (χ0) is 14.9. The molecule has 0 atom stereocenters. The molecule has 0 aliphatic carbocycles. The Morgan fingerprint density at radius 3 is 2.60 bits per heavy atom. The second-order valence-electron chi connectivity index (χ2n) is 5.76. The van der Waals surface area contributed by atoms with Crippen LogP contribution in [-0.2, 0) is 0 Å². The highest BCUT2D eigenvalue weighted by Gasteiger charge is 2.33. The molecule has 1 aliphatic heterocycles. The van der Waals surface area contributed by atoms with Gasteiger partial charge >= 0.3 is 0 Å². The van der Waals surface area contributed by atoms with Crippen LogP contribution in [-0.4, -0.2) is 57.9 Å². The average Bonchev–Trinajstić information content (AvgIpc) is 2.41. The summed E-state index contributed by atoms with van der Waals surface area (Å²) in [7, 11) is 2.08. The van der Waals surface area contributed by atoms with E-state index in [0.29, 0.717) is 17.8 Å². The van der Waals surface area contributed by atoms with E-state index in [1.54, 1.807) is 18.3 Å². The summed E-state index contributed by atoms with van der Waals surface area (Å²) >= 11 is 4.88. The van der Waals surface area contributed by atoms with Crippen LogP contribution in [0.4, 0.5) is 0 Å². The Balaban J connectivity index is 2.13. The fraction of sp³-hybridized carbons (Fsp3) is 0.500. The summed E-state index contributed by atoms with van der Waals surface area (Å²) in [5.74, 6) is -0.0411. The molecule has 2 N–H and O–H groups in total. The quantitative estimate of drug-likeness (QED) is 0.820. The molecule has 0 bridgehead atoms. The van der Waals surface area contributed by atoms with E-state index in [9.17, 15) is 4.79 Å². The number of thiocarbonyl (C=S) groups is 1. The van der Waals surface area contributed by atoms with Crippen molar-refractivity contribution in [1.82, 2.24) is 14.8 Å². The maximum Gasteiger partial charge on any atom is 0.272 e. The zero-order valence-corrected chi connectivity index (χ0v) is 12.9. The van der Waals surface area contributed by atoms with Crippen molar-refractivity contribution in [1.29, 1.82) is 0 Å². The Labute approximate surface area is 124 Å². The van der Waals surface area contributed by atoms with Crippen LogP contribution in [0.15, 0.2) is 18.3 Å². The lowest BCUT2D eigenvalue weighted by atomic mass is 9.99. The second-order valence-corrected chi connectivity index (χ2v) is 6.20. The summed E-state index contributed by atoms with van der Waals surface area (Å²) in [4.78, 5) is 21.0. The number of rotatable bonds is 2. The van der Waals surface area contributed by atoms with Crippen molar-refractivity contribution in [3.8, 4) is 0 Å². The third kappa shape index (κ3) is 2.96. The number of likely N-dealkylation sites (N-methyl/N-ethyl adjacent to an activating group) is 1. The van der Waals surface area contributed by atoms with Crippen LogP contribution < -0.4 is 5.73 Å². The van der Waals surface area contributed by atoms with Crippen LogP contribution in [0.5, 0.6) is 0 Å². The predicted octanol–water partition coefficient (Wildman–Crippen LogP) is 0.882. The van der Waals surface area contributed by atoms with Gasteiger partial charge in [-0.1, -0.05) is 12.2 Å². The molecule has 1 aromatic heterocycles. The third-order valence-electron chi connectivity index (χ3n) is 3.87. The van der Waals surface area contributed by atoms with E-state index in [1.807, 2.05) is 4.90 Å². The molecule has 108 valence electrons. The Kier molecular flexibility index (Phi) is 4.06. The van der Waals surface area contributed by atoms with Crippen LogP contribution >= 0.6 is 12.2 Å². The molecule has 5 nitrogen and oxygen atoms in total. The van der Waals surface area contributed by atoms with Crippen molar-refractivity contribution < 1.29 is 4.79 Å². The molecule has 20 heavy (non-hydrogen) atoms. The number of amides is 1. The molecule has 6 heteroatoms. The van der Waals surface area contributed by atoms with Gasteiger partial charge in [0.1, 0.15) is 10.7 Å². The summed E-state index contributed by atoms with van der Waals surface area (Å²) in [6.45, 7) is 6.55. The molecule has 0 radical (unpaired) electrons. The Morgan fingerprint density at radius 2 is 2.10 bits per heavy atom. The number of hydrogen-bond donors (Lipinski definition) is 1.